The first-order valence-electron chi connectivity index (χ1n) is 25.0. The Labute approximate surface area is 353 Å². The zero-order chi connectivity index (χ0) is 41.5. The van der Waals surface area contributed by atoms with E-state index in [9.17, 15) is 14.4 Å². The van der Waals surface area contributed by atoms with Crippen molar-refractivity contribution in [3.05, 3.63) is 12.2 Å². The number of allylic oxidation sites excluding steroid dienone is 2. The molecule has 7 nitrogen and oxygen atoms in total. The quantitative estimate of drug-likeness (QED) is 0.0376. The standard InChI is InChI=1S/C50H94N2O5/c1-5-9-13-14-15-16-17-18-19-20-21-22-23-25-28-31-40-50(49(55)51-42-12-8-4,57-48(54)39-35-45-52-43-33-34-44-52)41-32-29-26-24-27-30-38-47(53)56-46(36-10-6-2)37-11-7-3/h18-19,46H,5-17,20-45H2,1-4H3,(H,51,55)/b19-18-. The van der Waals surface area contributed by atoms with Crippen molar-refractivity contribution in [3.63, 3.8) is 0 Å². The van der Waals surface area contributed by atoms with Gasteiger partial charge in [-0.3, -0.25) is 14.4 Å². The van der Waals surface area contributed by atoms with Crippen molar-refractivity contribution in [2.75, 3.05) is 26.2 Å². The van der Waals surface area contributed by atoms with E-state index >= 15 is 0 Å². The minimum atomic E-state index is -1.09. The van der Waals surface area contributed by atoms with Gasteiger partial charge in [-0.1, -0.05) is 155 Å². The van der Waals surface area contributed by atoms with E-state index in [-0.39, 0.29) is 23.9 Å². The van der Waals surface area contributed by atoms with Crippen molar-refractivity contribution in [1.82, 2.24) is 10.2 Å². The Balaban J connectivity index is 2.62. The SMILES string of the molecule is CCCCCCCC/C=C\CCCCCCCCC(CCCCCCCCC(=O)OC(CCCC)CCCC)(OC(=O)CCCN1CCCC1)C(=O)NCCCC. The van der Waals surface area contributed by atoms with E-state index in [2.05, 4.69) is 50.1 Å². The van der Waals surface area contributed by atoms with E-state index in [1.807, 2.05) is 0 Å². The monoisotopic (exact) mass is 803 g/mol. The van der Waals surface area contributed by atoms with E-state index in [0.29, 0.717) is 32.2 Å². The summed E-state index contributed by atoms with van der Waals surface area (Å²) in [6, 6.07) is 0. The molecule has 1 heterocycles. The van der Waals surface area contributed by atoms with E-state index in [4.69, 9.17) is 9.47 Å². The zero-order valence-corrected chi connectivity index (χ0v) is 38.3. The lowest BCUT2D eigenvalue weighted by molar-refractivity contribution is -0.171. The van der Waals surface area contributed by atoms with Crippen LogP contribution in [0.2, 0.25) is 0 Å². The van der Waals surface area contributed by atoms with Crippen molar-refractivity contribution in [1.29, 1.82) is 0 Å². The van der Waals surface area contributed by atoms with Crippen LogP contribution in [0, 0.1) is 0 Å². The molecular weight excluding hydrogens is 709 g/mol. The second-order valence-electron chi connectivity index (χ2n) is 17.4. The molecule has 1 aliphatic heterocycles. The molecule has 1 saturated heterocycles. The van der Waals surface area contributed by atoms with Gasteiger partial charge >= 0.3 is 11.9 Å². The second kappa shape index (κ2) is 38.3. The summed E-state index contributed by atoms with van der Waals surface area (Å²) >= 11 is 0. The van der Waals surface area contributed by atoms with Gasteiger partial charge in [0.1, 0.15) is 6.10 Å². The van der Waals surface area contributed by atoms with Crippen LogP contribution < -0.4 is 5.32 Å². The van der Waals surface area contributed by atoms with Crippen molar-refractivity contribution in [2.24, 2.45) is 0 Å². The molecule has 334 valence electrons. The second-order valence-corrected chi connectivity index (χ2v) is 17.4. The van der Waals surface area contributed by atoms with Crippen molar-refractivity contribution < 1.29 is 23.9 Å². The van der Waals surface area contributed by atoms with Gasteiger partial charge in [-0.2, -0.15) is 0 Å². The largest absolute Gasteiger partial charge is 0.462 e. The number of ether oxygens (including phenoxy) is 2. The number of hydrogen-bond donors (Lipinski definition) is 1. The van der Waals surface area contributed by atoms with Gasteiger partial charge in [0, 0.05) is 19.4 Å². The molecule has 1 unspecified atom stereocenters. The molecule has 57 heavy (non-hydrogen) atoms. The van der Waals surface area contributed by atoms with Crippen LogP contribution in [-0.2, 0) is 23.9 Å². The molecule has 1 rings (SSSR count). The molecule has 1 fully saturated rings. The van der Waals surface area contributed by atoms with Crippen molar-refractivity contribution in [3.8, 4) is 0 Å². The molecule has 1 aliphatic rings. The molecule has 1 amide bonds. The number of amides is 1. The lowest BCUT2D eigenvalue weighted by atomic mass is 9.88. The summed E-state index contributed by atoms with van der Waals surface area (Å²) < 4.78 is 12.2. The van der Waals surface area contributed by atoms with Gasteiger partial charge in [-0.15, -0.1) is 0 Å². The highest BCUT2D eigenvalue weighted by molar-refractivity contribution is 5.88. The summed E-state index contributed by atoms with van der Waals surface area (Å²) in [6.45, 7) is 12.6. The maximum absolute atomic E-state index is 14.0. The molecule has 0 aromatic heterocycles. The van der Waals surface area contributed by atoms with E-state index in [1.165, 1.54) is 83.5 Å². The molecule has 0 aromatic carbocycles. The van der Waals surface area contributed by atoms with Gasteiger partial charge in [0.25, 0.3) is 5.91 Å². The van der Waals surface area contributed by atoms with E-state index in [1.54, 1.807) is 0 Å². The van der Waals surface area contributed by atoms with Crippen LogP contribution in [0.1, 0.15) is 252 Å². The van der Waals surface area contributed by atoms with Crippen LogP contribution in [0.25, 0.3) is 0 Å². The molecule has 1 atom stereocenters. The van der Waals surface area contributed by atoms with Gasteiger partial charge in [0.15, 0.2) is 5.60 Å². The Hall–Kier alpha value is -1.89. The fourth-order valence-electron chi connectivity index (χ4n) is 8.18. The van der Waals surface area contributed by atoms with E-state index < -0.39 is 5.60 Å². The van der Waals surface area contributed by atoms with Gasteiger partial charge < -0.3 is 19.7 Å². The number of unbranched alkanes of at least 4 members (excludes halogenated alkanes) is 20. The van der Waals surface area contributed by atoms with Crippen LogP contribution in [0.15, 0.2) is 12.2 Å². The molecule has 7 heteroatoms. The van der Waals surface area contributed by atoms with Gasteiger partial charge in [-0.25, -0.2) is 0 Å². The lowest BCUT2D eigenvalue weighted by Crippen LogP contribution is -2.50. The average Bonchev–Trinajstić information content (AvgIpc) is 3.73. The summed E-state index contributed by atoms with van der Waals surface area (Å²) in [5.74, 6) is -0.353. The highest BCUT2D eigenvalue weighted by atomic mass is 16.6. The third kappa shape index (κ3) is 29.9. The maximum atomic E-state index is 14.0. The number of rotatable bonds is 41. The molecule has 0 spiro atoms. The summed E-state index contributed by atoms with van der Waals surface area (Å²) in [7, 11) is 0. The highest BCUT2D eigenvalue weighted by Gasteiger charge is 2.41. The zero-order valence-electron chi connectivity index (χ0n) is 38.3. The van der Waals surface area contributed by atoms with Crippen LogP contribution in [0.4, 0.5) is 0 Å². The van der Waals surface area contributed by atoms with Crippen LogP contribution >= 0.6 is 0 Å². The molecule has 0 saturated carbocycles. The van der Waals surface area contributed by atoms with E-state index in [0.717, 1.165) is 135 Å². The smallest absolute Gasteiger partial charge is 0.306 e. The predicted molar refractivity (Wildman–Crippen MR) is 242 cm³/mol. The van der Waals surface area contributed by atoms with Crippen LogP contribution in [0.3, 0.4) is 0 Å². The first-order valence-corrected chi connectivity index (χ1v) is 25.0. The number of likely N-dealkylation sites (tertiary alicyclic amines) is 1. The minimum absolute atomic E-state index is 0.0421. The number of nitrogens with one attached hydrogen (secondary N) is 1. The summed E-state index contributed by atoms with van der Waals surface area (Å²) in [5.41, 5.74) is -1.09. The third-order valence-electron chi connectivity index (χ3n) is 12.0. The summed E-state index contributed by atoms with van der Waals surface area (Å²) in [4.78, 5) is 42.4. The molecule has 0 aliphatic carbocycles. The Morgan fingerprint density at radius 1 is 0.561 bits per heavy atom. The highest BCUT2D eigenvalue weighted by Crippen LogP contribution is 2.29. The van der Waals surface area contributed by atoms with Crippen LogP contribution in [-0.4, -0.2) is 60.6 Å². The maximum Gasteiger partial charge on any atom is 0.306 e. The van der Waals surface area contributed by atoms with Crippen LogP contribution in [0.5, 0.6) is 0 Å². The predicted octanol–water partition coefficient (Wildman–Crippen LogP) is 13.9. The molecule has 0 bridgehead atoms. The molecular formula is C50H94N2O5. The first-order chi connectivity index (χ1) is 27.9. The normalized spacial score (nSPS) is 14.4. The van der Waals surface area contributed by atoms with Crippen molar-refractivity contribution >= 4 is 17.8 Å². The Bertz CT molecular complexity index is 972. The third-order valence-corrected chi connectivity index (χ3v) is 12.0. The summed E-state index contributed by atoms with van der Waals surface area (Å²) in [6.07, 6.45) is 41.7. The number of hydrogen-bond acceptors (Lipinski definition) is 6. The average molecular weight is 803 g/mol. The van der Waals surface area contributed by atoms with Gasteiger partial charge in [0.05, 0.1) is 0 Å². The number of carbonyl (C=O) groups excluding carboxylic acids is 3. The minimum Gasteiger partial charge on any atom is -0.462 e. The summed E-state index contributed by atoms with van der Waals surface area (Å²) in [5, 5.41) is 3.18. The number of esters is 2. The number of carbonyl (C=O) groups is 3. The lowest BCUT2D eigenvalue weighted by Gasteiger charge is -2.33. The molecule has 1 N–H and O–H groups in total. The molecule has 0 aromatic rings. The van der Waals surface area contributed by atoms with Crippen molar-refractivity contribution in [2.45, 2.75) is 264 Å². The fraction of sp³-hybridized carbons (Fsp3) is 0.900. The molecule has 0 radical (unpaired) electrons. The topological polar surface area (TPSA) is 84.9 Å². The van der Waals surface area contributed by atoms with Gasteiger partial charge in [0.2, 0.25) is 0 Å². The number of nitrogens with zero attached hydrogens (tertiary/aromatic N) is 1. The Kier molecular flexibility index (Phi) is 35.7. The Morgan fingerprint density at radius 3 is 1.58 bits per heavy atom. The fourth-order valence-corrected chi connectivity index (χ4v) is 8.18. The van der Waals surface area contributed by atoms with Gasteiger partial charge in [-0.05, 0) is 116 Å². The Morgan fingerprint density at radius 2 is 1.04 bits per heavy atom. The first kappa shape index (κ1) is 53.1.